The molecule has 0 spiro atoms. The Morgan fingerprint density at radius 1 is 0.920 bits per heavy atom. The van der Waals surface area contributed by atoms with Crippen LogP contribution in [0.15, 0.2) is 60.7 Å². The fourth-order valence-corrected chi connectivity index (χ4v) is 2.28. The second kappa shape index (κ2) is 9.37. The highest BCUT2D eigenvalue weighted by atomic mass is 16.5. The zero-order valence-corrected chi connectivity index (χ0v) is 14.1. The molecule has 1 atom stereocenters. The lowest BCUT2D eigenvalue weighted by molar-refractivity contribution is -0.146. The Labute approximate surface area is 147 Å². The van der Waals surface area contributed by atoms with Gasteiger partial charge in [-0.15, -0.1) is 0 Å². The molecule has 2 rings (SSSR count). The van der Waals surface area contributed by atoms with Crippen LogP contribution in [-0.2, 0) is 14.3 Å². The van der Waals surface area contributed by atoms with E-state index in [0.717, 1.165) is 5.69 Å². The van der Waals surface area contributed by atoms with E-state index >= 15 is 0 Å². The summed E-state index contributed by atoms with van der Waals surface area (Å²) in [5, 5.41) is 2.75. The number of benzene rings is 2. The number of Topliss-reactive ketones (excluding diaryl/α,β-unsaturated/α-hetero) is 1. The molecule has 25 heavy (non-hydrogen) atoms. The van der Waals surface area contributed by atoms with E-state index in [0.29, 0.717) is 12.0 Å². The van der Waals surface area contributed by atoms with Crippen LogP contribution in [0.5, 0.6) is 0 Å². The van der Waals surface area contributed by atoms with Gasteiger partial charge >= 0.3 is 5.97 Å². The van der Waals surface area contributed by atoms with Gasteiger partial charge in [0.05, 0.1) is 0 Å². The summed E-state index contributed by atoms with van der Waals surface area (Å²) in [5.74, 6) is -0.882. The zero-order chi connectivity index (χ0) is 18.1. The number of carbonyl (C=O) groups is 3. The standard InChI is InChI=1S/C20H21NO4/c1-15(20(24)16-9-4-2-5-10-16)25-19(23)14-8-13-18(22)21-17-11-6-3-7-12-17/h2-7,9-12,15H,8,13-14H2,1H3,(H,21,22). The first-order chi connectivity index (χ1) is 12.1. The van der Waals surface area contributed by atoms with Crippen molar-refractivity contribution in [2.24, 2.45) is 0 Å². The maximum absolute atomic E-state index is 12.1. The first-order valence-corrected chi connectivity index (χ1v) is 8.20. The minimum absolute atomic E-state index is 0.0919. The van der Waals surface area contributed by atoms with Crippen molar-refractivity contribution in [2.75, 3.05) is 5.32 Å². The first-order valence-electron chi connectivity index (χ1n) is 8.20. The van der Waals surface area contributed by atoms with Crippen LogP contribution >= 0.6 is 0 Å². The Bertz CT molecular complexity index is 713. The van der Waals surface area contributed by atoms with Gasteiger partial charge < -0.3 is 10.1 Å². The van der Waals surface area contributed by atoms with Gasteiger partial charge in [-0.1, -0.05) is 48.5 Å². The first kappa shape index (κ1) is 18.4. The minimum Gasteiger partial charge on any atom is -0.454 e. The fraction of sp³-hybridized carbons (Fsp3) is 0.250. The highest BCUT2D eigenvalue weighted by Crippen LogP contribution is 2.10. The van der Waals surface area contributed by atoms with Crippen molar-refractivity contribution in [1.82, 2.24) is 0 Å². The van der Waals surface area contributed by atoms with Gasteiger partial charge in [0.1, 0.15) is 0 Å². The molecule has 5 heteroatoms. The summed E-state index contributed by atoms with van der Waals surface area (Å²) >= 11 is 0. The van der Waals surface area contributed by atoms with E-state index < -0.39 is 12.1 Å². The van der Waals surface area contributed by atoms with Crippen LogP contribution in [0.1, 0.15) is 36.5 Å². The van der Waals surface area contributed by atoms with Crippen molar-refractivity contribution in [3.8, 4) is 0 Å². The molecule has 0 heterocycles. The van der Waals surface area contributed by atoms with Gasteiger partial charge in [-0.05, 0) is 25.5 Å². The van der Waals surface area contributed by atoms with E-state index in [1.54, 1.807) is 43.3 Å². The highest BCUT2D eigenvalue weighted by Gasteiger charge is 2.19. The number of carbonyl (C=O) groups excluding carboxylic acids is 3. The van der Waals surface area contributed by atoms with Gasteiger partial charge in [0.2, 0.25) is 11.7 Å². The molecule has 1 N–H and O–H groups in total. The molecule has 0 aliphatic heterocycles. The third-order valence-corrected chi connectivity index (χ3v) is 3.58. The molecule has 0 radical (unpaired) electrons. The predicted molar refractivity (Wildman–Crippen MR) is 95.2 cm³/mol. The molecule has 0 saturated heterocycles. The van der Waals surface area contributed by atoms with E-state index in [1.165, 1.54) is 0 Å². The number of amides is 1. The van der Waals surface area contributed by atoms with Gasteiger partial charge in [-0.3, -0.25) is 14.4 Å². The molecule has 0 aliphatic rings. The minimum atomic E-state index is -0.840. The summed E-state index contributed by atoms with van der Waals surface area (Å²) < 4.78 is 5.15. The Morgan fingerprint density at radius 2 is 1.52 bits per heavy atom. The SMILES string of the molecule is CC(OC(=O)CCCC(=O)Nc1ccccc1)C(=O)c1ccccc1. The van der Waals surface area contributed by atoms with Crippen molar-refractivity contribution in [1.29, 1.82) is 0 Å². The monoisotopic (exact) mass is 339 g/mol. The van der Waals surface area contributed by atoms with Crippen molar-refractivity contribution >= 4 is 23.3 Å². The molecule has 2 aromatic rings. The van der Waals surface area contributed by atoms with Gasteiger partial charge in [0, 0.05) is 24.1 Å². The molecule has 2 aromatic carbocycles. The maximum Gasteiger partial charge on any atom is 0.306 e. The summed E-state index contributed by atoms with van der Waals surface area (Å²) in [6.07, 6.45) is -0.170. The topological polar surface area (TPSA) is 72.5 Å². The van der Waals surface area contributed by atoms with E-state index in [2.05, 4.69) is 5.32 Å². The van der Waals surface area contributed by atoms with Crippen LogP contribution in [0.25, 0.3) is 0 Å². The zero-order valence-electron chi connectivity index (χ0n) is 14.1. The normalized spacial score (nSPS) is 11.4. The van der Waals surface area contributed by atoms with E-state index in [9.17, 15) is 14.4 Å². The molecule has 0 fully saturated rings. The summed E-state index contributed by atoms with van der Waals surface area (Å²) in [4.78, 5) is 35.7. The van der Waals surface area contributed by atoms with Crippen LogP contribution in [0, 0.1) is 0 Å². The van der Waals surface area contributed by atoms with Crippen LogP contribution in [0.3, 0.4) is 0 Å². The molecule has 130 valence electrons. The van der Waals surface area contributed by atoms with Crippen molar-refractivity contribution < 1.29 is 19.1 Å². The summed E-state index contributed by atoms with van der Waals surface area (Å²) in [5.41, 5.74) is 1.22. The van der Waals surface area contributed by atoms with Crippen LogP contribution in [-0.4, -0.2) is 23.8 Å². The van der Waals surface area contributed by atoms with E-state index in [1.807, 2.05) is 24.3 Å². The number of anilines is 1. The molecule has 1 unspecified atom stereocenters. The van der Waals surface area contributed by atoms with E-state index in [4.69, 9.17) is 4.74 Å². The van der Waals surface area contributed by atoms with Crippen LogP contribution < -0.4 is 5.32 Å². The summed E-state index contributed by atoms with van der Waals surface area (Å²) in [7, 11) is 0. The van der Waals surface area contributed by atoms with Gasteiger partial charge in [-0.25, -0.2) is 0 Å². The van der Waals surface area contributed by atoms with Gasteiger partial charge in [0.15, 0.2) is 6.10 Å². The number of nitrogens with one attached hydrogen (secondary N) is 1. The number of para-hydroxylation sites is 1. The lowest BCUT2D eigenvalue weighted by Crippen LogP contribution is -2.24. The number of rotatable bonds is 8. The number of ether oxygens (including phenoxy) is 1. The van der Waals surface area contributed by atoms with Crippen molar-refractivity contribution in [3.05, 3.63) is 66.2 Å². The number of hydrogen-bond donors (Lipinski definition) is 1. The maximum atomic E-state index is 12.1. The molecular weight excluding hydrogens is 318 g/mol. The number of ketones is 1. The summed E-state index contributed by atoms with van der Waals surface area (Å²) in [6.45, 7) is 1.55. The Hall–Kier alpha value is -2.95. The molecule has 0 saturated carbocycles. The lowest BCUT2D eigenvalue weighted by Gasteiger charge is -2.12. The van der Waals surface area contributed by atoms with Crippen molar-refractivity contribution in [3.63, 3.8) is 0 Å². The molecule has 0 aromatic heterocycles. The van der Waals surface area contributed by atoms with Crippen LogP contribution in [0.4, 0.5) is 5.69 Å². The average molecular weight is 339 g/mol. The van der Waals surface area contributed by atoms with Gasteiger partial charge in [-0.2, -0.15) is 0 Å². The Balaban J connectivity index is 1.70. The quantitative estimate of drug-likeness (QED) is 0.589. The van der Waals surface area contributed by atoms with Crippen molar-refractivity contribution in [2.45, 2.75) is 32.3 Å². The van der Waals surface area contributed by atoms with Crippen LogP contribution in [0.2, 0.25) is 0 Å². The highest BCUT2D eigenvalue weighted by molar-refractivity contribution is 6.00. The van der Waals surface area contributed by atoms with E-state index in [-0.39, 0.29) is 24.5 Å². The smallest absolute Gasteiger partial charge is 0.306 e. The van der Waals surface area contributed by atoms with Gasteiger partial charge in [0.25, 0.3) is 0 Å². The Kier molecular flexibility index (Phi) is 6.89. The number of esters is 1. The molecule has 0 aliphatic carbocycles. The second-order valence-electron chi connectivity index (χ2n) is 5.63. The second-order valence-corrected chi connectivity index (χ2v) is 5.63. The third-order valence-electron chi connectivity index (χ3n) is 3.58. The third kappa shape index (κ3) is 6.22. The Morgan fingerprint density at radius 3 is 2.16 bits per heavy atom. The lowest BCUT2D eigenvalue weighted by atomic mass is 10.1. The predicted octanol–water partition coefficient (Wildman–Crippen LogP) is 3.61. The fourth-order valence-electron chi connectivity index (χ4n) is 2.28. The largest absolute Gasteiger partial charge is 0.454 e. The molecular formula is C20H21NO4. The average Bonchev–Trinajstić information content (AvgIpc) is 2.62. The molecule has 0 bridgehead atoms. The molecule has 5 nitrogen and oxygen atoms in total. The number of hydrogen-bond acceptors (Lipinski definition) is 4. The molecule has 1 amide bonds. The summed E-state index contributed by atoms with van der Waals surface area (Å²) in [6, 6.07) is 17.8.